The minimum atomic E-state index is -0.852. The van der Waals surface area contributed by atoms with Gasteiger partial charge in [0.15, 0.2) is 0 Å². The molecular weight excluding hydrogens is 296 g/mol. The number of amides is 1. The normalized spacial score (nSPS) is 13.8. The van der Waals surface area contributed by atoms with E-state index in [1.807, 2.05) is 13.0 Å². The van der Waals surface area contributed by atoms with Crippen molar-refractivity contribution in [1.82, 2.24) is 0 Å². The molecule has 0 aliphatic rings. The third-order valence-corrected chi connectivity index (χ3v) is 3.35. The fourth-order valence-electron chi connectivity index (χ4n) is 1.64. The molecule has 0 radical (unpaired) electrons. The quantitative estimate of drug-likeness (QED) is 0.878. The van der Waals surface area contributed by atoms with Crippen LogP contribution >= 0.6 is 15.9 Å². The minimum absolute atomic E-state index is 0.186. The molecule has 18 heavy (non-hydrogen) atoms. The highest BCUT2D eigenvalue weighted by molar-refractivity contribution is 9.10. The van der Waals surface area contributed by atoms with Gasteiger partial charge in [-0.25, -0.2) is 0 Å². The lowest BCUT2D eigenvalue weighted by Crippen LogP contribution is -2.48. The highest BCUT2D eigenvalue weighted by Crippen LogP contribution is 2.28. The van der Waals surface area contributed by atoms with Gasteiger partial charge in [-0.2, -0.15) is 0 Å². The van der Waals surface area contributed by atoms with Gasteiger partial charge in [0.2, 0.25) is 5.91 Å². The largest absolute Gasteiger partial charge is 0.495 e. The number of carbonyl (C=O) groups excluding carboxylic acids is 1. The summed E-state index contributed by atoms with van der Waals surface area (Å²) in [6.07, 6.45) is 1.51. The Hall–Kier alpha value is -1.07. The van der Waals surface area contributed by atoms with Crippen LogP contribution in [0, 0.1) is 0 Å². The average Bonchev–Trinajstić information content (AvgIpc) is 2.31. The van der Waals surface area contributed by atoms with Crippen molar-refractivity contribution in [3.8, 4) is 5.75 Å². The van der Waals surface area contributed by atoms with Gasteiger partial charge in [-0.1, -0.05) is 13.3 Å². The highest BCUT2D eigenvalue weighted by Gasteiger charge is 2.27. The second-order valence-corrected chi connectivity index (χ2v) is 5.33. The van der Waals surface area contributed by atoms with Crippen molar-refractivity contribution in [3.05, 3.63) is 22.7 Å². The Morgan fingerprint density at radius 2 is 2.22 bits per heavy atom. The minimum Gasteiger partial charge on any atom is -0.495 e. The number of carbonyl (C=O) groups is 1. The first kappa shape index (κ1) is 15.0. The maximum atomic E-state index is 12.0. The lowest BCUT2D eigenvalue weighted by atomic mass is 9.96. The van der Waals surface area contributed by atoms with Gasteiger partial charge in [0, 0.05) is 11.8 Å². The van der Waals surface area contributed by atoms with Gasteiger partial charge < -0.3 is 15.8 Å². The van der Waals surface area contributed by atoms with Gasteiger partial charge in [0.05, 0.1) is 17.1 Å². The number of anilines is 1. The molecule has 1 unspecified atom stereocenters. The van der Waals surface area contributed by atoms with Crippen molar-refractivity contribution >= 4 is 27.5 Å². The number of ether oxygens (including phenoxy) is 1. The summed E-state index contributed by atoms with van der Waals surface area (Å²) < 4.78 is 6.01. The predicted molar refractivity (Wildman–Crippen MR) is 76.8 cm³/mol. The van der Waals surface area contributed by atoms with Crippen molar-refractivity contribution < 1.29 is 9.53 Å². The molecule has 0 aliphatic heterocycles. The molecule has 0 fully saturated rings. The Morgan fingerprint density at radius 3 is 2.78 bits per heavy atom. The number of rotatable bonds is 5. The molecule has 0 saturated heterocycles. The fraction of sp³-hybridized carbons (Fsp3) is 0.462. The van der Waals surface area contributed by atoms with Gasteiger partial charge in [-0.3, -0.25) is 4.79 Å². The highest BCUT2D eigenvalue weighted by atomic mass is 79.9. The first-order valence-corrected chi connectivity index (χ1v) is 6.64. The summed E-state index contributed by atoms with van der Waals surface area (Å²) in [7, 11) is 1.58. The Bertz CT molecular complexity index is 433. The average molecular weight is 315 g/mol. The molecular formula is C13H19BrN2O2. The molecule has 0 aliphatic carbocycles. The van der Waals surface area contributed by atoms with Crippen LogP contribution in [0.3, 0.4) is 0 Å². The van der Waals surface area contributed by atoms with Crippen LogP contribution in [0.5, 0.6) is 5.75 Å². The molecule has 3 N–H and O–H groups in total. The smallest absolute Gasteiger partial charge is 0.244 e. The van der Waals surface area contributed by atoms with E-state index in [1.54, 1.807) is 26.2 Å². The molecule has 1 atom stereocenters. The molecule has 0 bridgehead atoms. The third kappa shape index (κ3) is 3.71. The molecule has 0 saturated carbocycles. The van der Waals surface area contributed by atoms with Gasteiger partial charge >= 0.3 is 0 Å². The Morgan fingerprint density at radius 1 is 1.56 bits per heavy atom. The summed E-state index contributed by atoms with van der Waals surface area (Å²) in [6, 6.07) is 5.37. The number of benzene rings is 1. The Balaban J connectivity index is 2.82. The maximum Gasteiger partial charge on any atom is 0.244 e. The van der Waals surface area contributed by atoms with Gasteiger partial charge in [0.1, 0.15) is 5.75 Å². The zero-order chi connectivity index (χ0) is 13.8. The summed E-state index contributed by atoms with van der Waals surface area (Å²) in [5, 5.41) is 2.80. The standard InChI is InChI=1S/C13H19BrN2O2/c1-4-7-13(2,15)12(17)16-9-5-6-10(14)11(8-9)18-3/h5-6,8H,4,7,15H2,1-3H3,(H,16,17). The summed E-state index contributed by atoms with van der Waals surface area (Å²) in [6.45, 7) is 3.74. The van der Waals surface area contributed by atoms with E-state index < -0.39 is 5.54 Å². The molecule has 5 heteroatoms. The molecule has 1 aromatic rings. The summed E-state index contributed by atoms with van der Waals surface area (Å²) in [4.78, 5) is 12.0. The third-order valence-electron chi connectivity index (χ3n) is 2.70. The number of hydrogen-bond donors (Lipinski definition) is 2. The fourth-order valence-corrected chi connectivity index (χ4v) is 2.05. The summed E-state index contributed by atoms with van der Waals surface area (Å²) in [5.74, 6) is 0.482. The zero-order valence-corrected chi connectivity index (χ0v) is 12.5. The van der Waals surface area contributed by atoms with Crippen LogP contribution in [0.15, 0.2) is 22.7 Å². The van der Waals surface area contributed by atoms with Crippen LogP contribution in [-0.2, 0) is 4.79 Å². The molecule has 0 aromatic heterocycles. The number of nitrogens with two attached hydrogens (primary N) is 1. The van der Waals surface area contributed by atoms with Crippen LogP contribution in [0.4, 0.5) is 5.69 Å². The van der Waals surface area contributed by atoms with Crippen molar-refractivity contribution in [3.63, 3.8) is 0 Å². The van der Waals surface area contributed by atoms with E-state index in [2.05, 4.69) is 21.2 Å². The van der Waals surface area contributed by atoms with E-state index in [4.69, 9.17) is 10.5 Å². The lowest BCUT2D eigenvalue weighted by Gasteiger charge is -2.23. The van der Waals surface area contributed by atoms with Crippen LogP contribution in [0.2, 0.25) is 0 Å². The van der Waals surface area contributed by atoms with Crippen LogP contribution < -0.4 is 15.8 Å². The second kappa shape index (κ2) is 6.20. The number of nitrogens with one attached hydrogen (secondary N) is 1. The molecule has 0 heterocycles. The molecule has 1 rings (SSSR count). The van der Waals surface area contributed by atoms with Crippen molar-refractivity contribution in [2.75, 3.05) is 12.4 Å². The van der Waals surface area contributed by atoms with E-state index in [0.29, 0.717) is 17.9 Å². The van der Waals surface area contributed by atoms with Crippen molar-refractivity contribution in [1.29, 1.82) is 0 Å². The second-order valence-electron chi connectivity index (χ2n) is 4.47. The number of hydrogen-bond acceptors (Lipinski definition) is 3. The van der Waals surface area contributed by atoms with E-state index >= 15 is 0 Å². The van der Waals surface area contributed by atoms with Gasteiger partial charge in [0.25, 0.3) is 0 Å². The summed E-state index contributed by atoms with van der Waals surface area (Å²) >= 11 is 3.36. The monoisotopic (exact) mass is 314 g/mol. The summed E-state index contributed by atoms with van der Waals surface area (Å²) in [5.41, 5.74) is 5.79. The van der Waals surface area contributed by atoms with Crippen molar-refractivity contribution in [2.24, 2.45) is 5.73 Å². The molecule has 0 spiro atoms. The Labute approximate surface area is 116 Å². The van der Waals surface area contributed by atoms with Crippen molar-refractivity contribution in [2.45, 2.75) is 32.2 Å². The molecule has 100 valence electrons. The Kier molecular flexibility index (Phi) is 5.16. The number of methoxy groups -OCH3 is 1. The van der Waals surface area contributed by atoms with Gasteiger partial charge in [-0.05, 0) is 41.4 Å². The zero-order valence-electron chi connectivity index (χ0n) is 10.9. The van der Waals surface area contributed by atoms with E-state index in [0.717, 1.165) is 10.9 Å². The van der Waals surface area contributed by atoms with Crippen LogP contribution in [0.1, 0.15) is 26.7 Å². The molecule has 1 aromatic carbocycles. The SMILES string of the molecule is CCCC(C)(N)C(=O)Nc1ccc(Br)c(OC)c1. The predicted octanol–water partition coefficient (Wildman–Crippen LogP) is 2.91. The maximum absolute atomic E-state index is 12.0. The molecule has 4 nitrogen and oxygen atoms in total. The van der Waals surface area contributed by atoms with E-state index in [9.17, 15) is 4.79 Å². The first-order chi connectivity index (χ1) is 8.40. The molecule has 1 amide bonds. The lowest BCUT2D eigenvalue weighted by molar-refractivity contribution is -0.120. The number of halogens is 1. The van der Waals surface area contributed by atoms with Crippen LogP contribution in [0.25, 0.3) is 0 Å². The van der Waals surface area contributed by atoms with E-state index in [-0.39, 0.29) is 5.91 Å². The topological polar surface area (TPSA) is 64.4 Å². The van der Waals surface area contributed by atoms with E-state index in [1.165, 1.54) is 0 Å². The van der Waals surface area contributed by atoms with Gasteiger partial charge in [-0.15, -0.1) is 0 Å². The van der Waals surface area contributed by atoms with Crippen LogP contribution in [-0.4, -0.2) is 18.6 Å². The first-order valence-electron chi connectivity index (χ1n) is 5.84.